The smallest absolute Gasteiger partial charge is 0.226 e. The number of piperazine rings is 1. The molecule has 11 nitrogen and oxygen atoms in total. The van der Waals surface area contributed by atoms with E-state index in [9.17, 15) is 9.65 Å². The van der Waals surface area contributed by atoms with Crippen LogP contribution in [-0.2, 0) is 6.54 Å². The molecule has 0 spiro atoms. The molecule has 0 bridgehead atoms. The van der Waals surface area contributed by atoms with Gasteiger partial charge in [0.15, 0.2) is 5.65 Å². The molecule has 190 valence electrons. The van der Waals surface area contributed by atoms with Gasteiger partial charge in [0.1, 0.15) is 29.5 Å². The van der Waals surface area contributed by atoms with Crippen LogP contribution in [0.2, 0.25) is 0 Å². The summed E-state index contributed by atoms with van der Waals surface area (Å²) in [5.74, 6) is 6.32. The summed E-state index contributed by atoms with van der Waals surface area (Å²) in [7, 11) is 0. The maximum absolute atomic E-state index is 14.7. The van der Waals surface area contributed by atoms with E-state index < -0.39 is 0 Å². The molecule has 0 radical (unpaired) electrons. The predicted octanol–water partition coefficient (Wildman–Crippen LogP) is 2.52. The summed E-state index contributed by atoms with van der Waals surface area (Å²) in [5, 5.41) is 14.8. The van der Waals surface area contributed by atoms with E-state index >= 15 is 0 Å². The Balaban J connectivity index is 1.19. The van der Waals surface area contributed by atoms with E-state index in [0.717, 1.165) is 18.7 Å². The molecule has 1 saturated heterocycles. The second-order valence-electron chi connectivity index (χ2n) is 8.88. The Morgan fingerprint density at radius 3 is 2.68 bits per heavy atom. The van der Waals surface area contributed by atoms with Crippen LogP contribution in [0.3, 0.4) is 0 Å². The van der Waals surface area contributed by atoms with Gasteiger partial charge in [-0.3, -0.25) is 4.90 Å². The van der Waals surface area contributed by atoms with E-state index in [0.29, 0.717) is 66.0 Å². The molecule has 1 fully saturated rings. The fraction of sp³-hybridized carbons (Fsp3) is 0.269. The number of oxazole rings is 1. The third-order valence-corrected chi connectivity index (χ3v) is 6.68. The largest absolute Gasteiger partial charge is 0.445 e. The van der Waals surface area contributed by atoms with Gasteiger partial charge >= 0.3 is 0 Å². The number of fused-ring (bicyclic) bond motifs is 3. The fourth-order valence-corrected chi connectivity index (χ4v) is 4.82. The summed E-state index contributed by atoms with van der Waals surface area (Å²) < 4.78 is 23.3. The highest BCUT2D eigenvalue weighted by molar-refractivity contribution is 5.92. The highest BCUT2D eigenvalue weighted by atomic mass is 19.1. The number of hydrogen-bond donors (Lipinski definition) is 1. The summed E-state index contributed by atoms with van der Waals surface area (Å²) in [5.41, 5.74) is 9.00. The molecule has 0 aliphatic carbocycles. The number of nitrogens with zero attached hydrogens (tertiary/aromatic N) is 9. The van der Waals surface area contributed by atoms with Crippen LogP contribution in [0.15, 0.2) is 41.1 Å². The summed E-state index contributed by atoms with van der Waals surface area (Å²) in [6, 6.07) is 8.91. The number of anilines is 2. The molecule has 5 heterocycles. The lowest BCUT2D eigenvalue weighted by Gasteiger charge is -2.36. The van der Waals surface area contributed by atoms with Crippen molar-refractivity contribution in [2.24, 2.45) is 0 Å². The first kappa shape index (κ1) is 23.5. The van der Waals surface area contributed by atoms with Crippen molar-refractivity contribution in [1.82, 2.24) is 34.0 Å². The number of nitrogen functional groups attached to an aromatic ring is 1. The lowest BCUT2D eigenvalue weighted by Crippen LogP contribution is -2.47. The molecule has 0 atom stereocenters. The molecule has 4 aromatic heterocycles. The first-order valence-corrected chi connectivity index (χ1v) is 12.1. The number of rotatable bonds is 5. The molecule has 1 aliphatic rings. The number of aromatic nitrogens is 6. The third kappa shape index (κ3) is 4.07. The van der Waals surface area contributed by atoms with Crippen LogP contribution in [0.5, 0.6) is 0 Å². The second kappa shape index (κ2) is 9.50. The molecule has 0 unspecified atom stereocenters. The first-order valence-electron chi connectivity index (χ1n) is 12.1. The highest BCUT2D eigenvalue weighted by Crippen LogP contribution is 2.28. The normalized spacial score (nSPS) is 14.1. The standard InChI is InChI=1S/C26H23FN10O/c1-2-3-22-31-24-19-15-18(16-28)36(23(19)32-26(29)37(24)33-22)12-9-34-7-10-35(11-8-34)21-14-17(4-5-20(21)27)25-30-6-13-38-25/h4-6,13-15H,7-12H2,1H3,(H2,29,32). The molecule has 1 aromatic carbocycles. The average Bonchev–Trinajstić information content (AvgIpc) is 3.68. The number of nitrogens with two attached hydrogens (primary N) is 1. The van der Waals surface area contributed by atoms with Crippen molar-refractivity contribution in [3.05, 3.63) is 54.1 Å². The van der Waals surface area contributed by atoms with Crippen molar-refractivity contribution in [3.8, 4) is 29.4 Å². The average molecular weight is 511 g/mol. The first-order chi connectivity index (χ1) is 18.6. The molecule has 0 saturated carbocycles. The topological polar surface area (TPSA) is 130 Å². The summed E-state index contributed by atoms with van der Waals surface area (Å²) in [4.78, 5) is 17.5. The van der Waals surface area contributed by atoms with Gasteiger partial charge in [0, 0.05) is 44.8 Å². The minimum Gasteiger partial charge on any atom is -0.445 e. The van der Waals surface area contributed by atoms with Crippen molar-refractivity contribution in [3.63, 3.8) is 0 Å². The van der Waals surface area contributed by atoms with Crippen molar-refractivity contribution in [2.75, 3.05) is 43.4 Å². The SMILES string of the molecule is CC#Cc1nc2c3cc(C#N)n(CCN4CCN(c5cc(-c6ncco6)ccc5F)CC4)c3nc(N)n2n1. The van der Waals surface area contributed by atoms with Gasteiger partial charge in [-0.25, -0.2) is 9.37 Å². The lowest BCUT2D eigenvalue weighted by atomic mass is 10.1. The molecule has 2 N–H and O–H groups in total. The van der Waals surface area contributed by atoms with Gasteiger partial charge in [-0.15, -0.1) is 5.10 Å². The van der Waals surface area contributed by atoms with Crippen LogP contribution < -0.4 is 10.6 Å². The van der Waals surface area contributed by atoms with Crippen LogP contribution >= 0.6 is 0 Å². The van der Waals surface area contributed by atoms with Gasteiger partial charge in [-0.1, -0.05) is 5.92 Å². The zero-order valence-corrected chi connectivity index (χ0v) is 20.6. The van der Waals surface area contributed by atoms with Gasteiger partial charge in [0.2, 0.25) is 17.7 Å². The molecule has 38 heavy (non-hydrogen) atoms. The fourth-order valence-electron chi connectivity index (χ4n) is 4.82. The van der Waals surface area contributed by atoms with Crippen molar-refractivity contribution in [2.45, 2.75) is 13.5 Å². The minimum absolute atomic E-state index is 0.176. The van der Waals surface area contributed by atoms with Crippen LogP contribution in [0, 0.1) is 29.0 Å². The van der Waals surface area contributed by atoms with Crippen LogP contribution in [0.1, 0.15) is 18.4 Å². The Hall–Kier alpha value is -4.94. The molecule has 0 amide bonds. The number of hydrogen-bond acceptors (Lipinski definition) is 9. The van der Waals surface area contributed by atoms with E-state index in [4.69, 9.17) is 10.2 Å². The Morgan fingerprint density at radius 1 is 1.11 bits per heavy atom. The van der Waals surface area contributed by atoms with Crippen molar-refractivity contribution in [1.29, 1.82) is 5.26 Å². The lowest BCUT2D eigenvalue weighted by molar-refractivity contribution is 0.248. The van der Waals surface area contributed by atoms with Gasteiger partial charge < -0.3 is 19.6 Å². The molecule has 5 aromatic rings. The predicted molar refractivity (Wildman–Crippen MR) is 139 cm³/mol. The number of halogens is 1. The molecule has 6 rings (SSSR count). The van der Waals surface area contributed by atoms with E-state index in [-0.39, 0.29) is 11.8 Å². The third-order valence-electron chi connectivity index (χ3n) is 6.68. The molecule has 12 heteroatoms. The van der Waals surface area contributed by atoms with Gasteiger partial charge in [-0.05, 0) is 37.1 Å². The molecular formula is C26H23FN10O. The van der Waals surface area contributed by atoms with Gasteiger partial charge in [0.25, 0.3) is 0 Å². The summed E-state index contributed by atoms with van der Waals surface area (Å²) in [6.07, 6.45) is 3.07. The van der Waals surface area contributed by atoms with Crippen LogP contribution in [0.4, 0.5) is 16.0 Å². The number of benzene rings is 1. The van der Waals surface area contributed by atoms with E-state index in [1.54, 1.807) is 31.3 Å². The Kier molecular flexibility index (Phi) is 5.86. The Bertz CT molecular complexity index is 1740. The number of nitriles is 1. The zero-order valence-electron chi connectivity index (χ0n) is 20.6. The summed E-state index contributed by atoms with van der Waals surface area (Å²) >= 11 is 0. The van der Waals surface area contributed by atoms with Gasteiger partial charge in [-0.2, -0.15) is 19.7 Å². The van der Waals surface area contributed by atoms with Crippen LogP contribution in [0.25, 0.3) is 28.1 Å². The highest BCUT2D eigenvalue weighted by Gasteiger charge is 2.22. The van der Waals surface area contributed by atoms with Crippen molar-refractivity contribution >= 4 is 28.3 Å². The quantitative estimate of drug-likeness (QED) is 0.354. The van der Waals surface area contributed by atoms with E-state index in [1.807, 2.05) is 9.47 Å². The second-order valence-corrected chi connectivity index (χ2v) is 8.88. The Morgan fingerprint density at radius 2 is 1.95 bits per heavy atom. The van der Waals surface area contributed by atoms with Crippen LogP contribution in [-0.4, -0.2) is 66.8 Å². The Labute approximate surface area is 216 Å². The maximum atomic E-state index is 14.7. The summed E-state index contributed by atoms with van der Waals surface area (Å²) in [6.45, 7) is 5.75. The molecular weight excluding hydrogens is 487 g/mol. The monoisotopic (exact) mass is 510 g/mol. The molecule has 1 aliphatic heterocycles. The van der Waals surface area contributed by atoms with Gasteiger partial charge in [0.05, 0.1) is 17.3 Å². The van der Waals surface area contributed by atoms with E-state index in [2.05, 4.69) is 42.9 Å². The van der Waals surface area contributed by atoms with E-state index in [1.165, 1.54) is 16.8 Å². The zero-order chi connectivity index (χ0) is 26.2. The van der Waals surface area contributed by atoms with Crippen molar-refractivity contribution < 1.29 is 8.81 Å². The minimum atomic E-state index is -0.275. The maximum Gasteiger partial charge on any atom is 0.226 e.